The van der Waals surface area contributed by atoms with Crippen LogP contribution in [0.4, 0.5) is 0 Å². The molecule has 0 saturated carbocycles. The van der Waals surface area contributed by atoms with Crippen molar-refractivity contribution in [3.05, 3.63) is 23.5 Å². The van der Waals surface area contributed by atoms with E-state index < -0.39 is 0 Å². The molecule has 1 aromatic heterocycles. The van der Waals surface area contributed by atoms with Crippen molar-refractivity contribution in [1.82, 2.24) is 15.1 Å². The SMILES string of the molecule is CC1CNCC/C1=C\c1cnn(C)c1. The molecule has 3 heteroatoms. The van der Waals surface area contributed by atoms with Gasteiger partial charge in [-0.05, 0) is 18.9 Å². The summed E-state index contributed by atoms with van der Waals surface area (Å²) < 4.78 is 1.85. The molecule has 2 heterocycles. The zero-order chi connectivity index (χ0) is 9.97. The van der Waals surface area contributed by atoms with Crippen LogP contribution in [0.15, 0.2) is 18.0 Å². The van der Waals surface area contributed by atoms with Gasteiger partial charge >= 0.3 is 0 Å². The lowest BCUT2D eigenvalue weighted by atomic mass is 9.93. The van der Waals surface area contributed by atoms with E-state index in [1.807, 2.05) is 17.9 Å². The van der Waals surface area contributed by atoms with E-state index in [1.165, 1.54) is 11.1 Å². The maximum absolute atomic E-state index is 4.16. The van der Waals surface area contributed by atoms with E-state index in [4.69, 9.17) is 0 Å². The summed E-state index contributed by atoms with van der Waals surface area (Å²) in [5, 5.41) is 7.56. The Morgan fingerprint density at radius 3 is 3.14 bits per heavy atom. The molecule has 0 bridgehead atoms. The van der Waals surface area contributed by atoms with Gasteiger partial charge in [0, 0.05) is 25.4 Å². The molecule has 3 nitrogen and oxygen atoms in total. The molecule has 1 N–H and O–H groups in total. The van der Waals surface area contributed by atoms with E-state index in [0.717, 1.165) is 19.5 Å². The predicted molar refractivity (Wildman–Crippen MR) is 57.8 cm³/mol. The minimum absolute atomic E-state index is 0.656. The summed E-state index contributed by atoms with van der Waals surface area (Å²) in [6.45, 7) is 4.48. The van der Waals surface area contributed by atoms with Gasteiger partial charge in [-0.3, -0.25) is 4.68 Å². The van der Waals surface area contributed by atoms with Gasteiger partial charge in [-0.2, -0.15) is 5.10 Å². The Labute approximate surface area is 84.8 Å². The summed E-state index contributed by atoms with van der Waals surface area (Å²) in [7, 11) is 1.95. The zero-order valence-corrected chi connectivity index (χ0v) is 8.83. The van der Waals surface area contributed by atoms with Gasteiger partial charge in [0.2, 0.25) is 0 Å². The van der Waals surface area contributed by atoms with Crippen molar-refractivity contribution in [3.63, 3.8) is 0 Å². The molecule has 14 heavy (non-hydrogen) atoms. The van der Waals surface area contributed by atoms with Gasteiger partial charge in [0.25, 0.3) is 0 Å². The fourth-order valence-electron chi connectivity index (χ4n) is 1.87. The first-order chi connectivity index (χ1) is 6.75. The Hall–Kier alpha value is -1.09. The molecule has 0 spiro atoms. The van der Waals surface area contributed by atoms with E-state index >= 15 is 0 Å². The van der Waals surface area contributed by atoms with Crippen molar-refractivity contribution in [2.24, 2.45) is 13.0 Å². The average molecular weight is 191 g/mol. The topological polar surface area (TPSA) is 29.9 Å². The first-order valence-electron chi connectivity index (χ1n) is 5.15. The lowest BCUT2D eigenvalue weighted by Gasteiger charge is -2.22. The van der Waals surface area contributed by atoms with Crippen LogP contribution in [-0.2, 0) is 7.05 Å². The first-order valence-corrected chi connectivity index (χ1v) is 5.15. The summed E-state index contributed by atoms with van der Waals surface area (Å²) >= 11 is 0. The van der Waals surface area contributed by atoms with Gasteiger partial charge in [-0.15, -0.1) is 0 Å². The van der Waals surface area contributed by atoms with Crippen molar-refractivity contribution >= 4 is 6.08 Å². The van der Waals surface area contributed by atoms with Crippen LogP contribution in [0, 0.1) is 5.92 Å². The molecular weight excluding hydrogens is 174 g/mol. The second-order valence-corrected chi connectivity index (χ2v) is 4.02. The molecular formula is C11H17N3. The summed E-state index contributed by atoms with van der Waals surface area (Å²) in [5.74, 6) is 0.656. The Morgan fingerprint density at radius 1 is 1.64 bits per heavy atom. The molecule has 2 rings (SSSR count). The minimum Gasteiger partial charge on any atom is -0.316 e. The fourth-order valence-corrected chi connectivity index (χ4v) is 1.87. The smallest absolute Gasteiger partial charge is 0.0562 e. The highest BCUT2D eigenvalue weighted by Gasteiger charge is 2.13. The van der Waals surface area contributed by atoms with E-state index in [9.17, 15) is 0 Å². The third-order valence-electron chi connectivity index (χ3n) is 2.75. The van der Waals surface area contributed by atoms with Crippen molar-refractivity contribution in [2.75, 3.05) is 13.1 Å². The van der Waals surface area contributed by atoms with E-state index in [0.29, 0.717) is 5.92 Å². The lowest BCUT2D eigenvalue weighted by molar-refractivity contribution is 0.505. The monoisotopic (exact) mass is 191 g/mol. The van der Waals surface area contributed by atoms with Crippen LogP contribution in [0.3, 0.4) is 0 Å². The van der Waals surface area contributed by atoms with E-state index in [2.05, 4.69) is 29.6 Å². The first kappa shape index (κ1) is 9.46. The fraction of sp³-hybridized carbons (Fsp3) is 0.545. The van der Waals surface area contributed by atoms with Crippen molar-refractivity contribution in [2.45, 2.75) is 13.3 Å². The molecule has 1 saturated heterocycles. The number of aromatic nitrogens is 2. The Bertz CT molecular complexity index is 338. The van der Waals surface area contributed by atoms with E-state index in [-0.39, 0.29) is 0 Å². The third kappa shape index (κ3) is 2.04. The van der Waals surface area contributed by atoms with Crippen LogP contribution >= 0.6 is 0 Å². The maximum Gasteiger partial charge on any atom is 0.0562 e. The number of piperidine rings is 1. The van der Waals surface area contributed by atoms with Gasteiger partial charge in [-0.25, -0.2) is 0 Å². The van der Waals surface area contributed by atoms with Gasteiger partial charge < -0.3 is 5.32 Å². The molecule has 0 aromatic carbocycles. The van der Waals surface area contributed by atoms with Crippen LogP contribution in [-0.4, -0.2) is 22.9 Å². The summed E-state index contributed by atoms with van der Waals surface area (Å²) in [4.78, 5) is 0. The average Bonchev–Trinajstić information content (AvgIpc) is 2.56. The van der Waals surface area contributed by atoms with Gasteiger partial charge in [0.1, 0.15) is 0 Å². The largest absolute Gasteiger partial charge is 0.316 e. The molecule has 1 fully saturated rings. The highest BCUT2D eigenvalue weighted by molar-refractivity contribution is 5.51. The minimum atomic E-state index is 0.656. The van der Waals surface area contributed by atoms with Crippen LogP contribution in [0.2, 0.25) is 0 Å². The number of aryl methyl sites for hydroxylation is 1. The van der Waals surface area contributed by atoms with Gasteiger partial charge in [0.05, 0.1) is 6.20 Å². The molecule has 1 aliphatic heterocycles. The summed E-state index contributed by atoms with van der Waals surface area (Å²) in [6.07, 6.45) is 7.41. The number of hydrogen-bond acceptors (Lipinski definition) is 2. The van der Waals surface area contributed by atoms with Crippen LogP contribution < -0.4 is 5.32 Å². The maximum atomic E-state index is 4.16. The zero-order valence-electron chi connectivity index (χ0n) is 8.83. The summed E-state index contributed by atoms with van der Waals surface area (Å²) in [5.41, 5.74) is 2.76. The Morgan fingerprint density at radius 2 is 2.50 bits per heavy atom. The molecule has 1 atom stereocenters. The van der Waals surface area contributed by atoms with Crippen molar-refractivity contribution in [3.8, 4) is 0 Å². The van der Waals surface area contributed by atoms with Crippen LogP contribution in [0.5, 0.6) is 0 Å². The number of rotatable bonds is 1. The molecule has 0 amide bonds. The van der Waals surface area contributed by atoms with Gasteiger partial charge in [-0.1, -0.05) is 18.6 Å². The Kier molecular flexibility index (Phi) is 2.68. The molecule has 76 valence electrons. The van der Waals surface area contributed by atoms with E-state index in [1.54, 1.807) is 0 Å². The second kappa shape index (κ2) is 3.96. The predicted octanol–water partition coefficient (Wildman–Crippen LogP) is 1.43. The van der Waals surface area contributed by atoms with Crippen LogP contribution in [0.25, 0.3) is 6.08 Å². The molecule has 0 aliphatic carbocycles. The number of hydrogen-bond donors (Lipinski definition) is 1. The molecule has 1 unspecified atom stereocenters. The van der Waals surface area contributed by atoms with Crippen LogP contribution in [0.1, 0.15) is 18.9 Å². The number of nitrogens with zero attached hydrogens (tertiary/aromatic N) is 2. The highest BCUT2D eigenvalue weighted by Crippen LogP contribution is 2.20. The van der Waals surface area contributed by atoms with Gasteiger partial charge in [0.15, 0.2) is 0 Å². The van der Waals surface area contributed by atoms with Crippen molar-refractivity contribution in [1.29, 1.82) is 0 Å². The second-order valence-electron chi connectivity index (χ2n) is 4.02. The normalized spacial score (nSPS) is 25.6. The standard InChI is InChI=1S/C11H17N3/c1-9-6-12-4-3-11(9)5-10-7-13-14(2)8-10/h5,7-9,12H,3-4,6H2,1-2H3/b11-5+. The summed E-state index contributed by atoms with van der Waals surface area (Å²) in [6, 6.07) is 0. The molecule has 1 aromatic rings. The third-order valence-corrected chi connectivity index (χ3v) is 2.75. The lowest BCUT2D eigenvalue weighted by Crippen LogP contribution is -2.29. The highest BCUT2D eigenvalue weighted by atomic mass is 15.2. The van der Waals surface area contributed by atoms with Crippen molar-refractivity contribution < 1.29 is 0 Å². The molecule has 0 radical (unpaired) electrons. The quantitative estimate of drug-likeness (QED) is 0.728. The number of nitrogens with one attached hydrogen (secondary N) is 1. The molecule has 1 aliphatic rings. The Balaban J connectivity index is 2.16.